The maximum atomic E-state index is 13.8. The van der Waals surface area contributed by atoms with Crippen molar-refractivity contribution in [2.24, 2.45) is 0 Å². The van der Waals surface area contributed by atoms with Gasteiger partial charge in [0, 0.05) is 56.9 Å². The van der Waals surface area contributed by atoms with Gasteiger partial charge in [-0.2, -0.15) is 0 Å². The van der Waals surface area contributed by atoms with Crippen molar-refractivity contribution in [2.45, 2.75) is 32.4 Å². The number of alkyl halides is 1. The van der Waals surface area contributed by atoms with E-state index in [-0.39, 0.29) is 28.5 Å². The van der Waals surface area contributed by atoms with Gasteiger partial charge in [0.25, 0.3) is 0 Å². The molecule has 1 aliphatic rings. The van der Waals surface area contributed by atoms with Gasteiger partial charge >= 0.3 is 0 Å². The first-order valence-corrected chi connectivity index (χ1v) is 11.5. The van der Waals surface area contributed by atoms with Gasteiger partial charge in [0.2, 0.25) is 0 Å². The fraction of sp³-hybridized carbons (Fsp3) is 0.409. The van der Waals surface area contributed by atoms with Crippen molar-refractivity contribution in [2.75, 3.05) is 30.7 Å². The highest BCUT2D eigenvalue weighted by atomic mass is 32.2. The Kier molecular flexibility index (Phi) is 11.3. The van der Waals surface area contributed by atoms with E-state index in [2.05, 4.69) is 22.5 Å². The fourth-order valence-corrected chi connectivity index (χ4v) is 4.44. The molecule has 4 N–H and O–H groups in total. The van der Waals surface area contributed by atoms with E-state index >= 15 is 0 Å². The third-order valence-corrected chi connectivity index (χ3v) is 6.44. The van der Waals surface area contributed by atoms with Gasteiger partial charge < -0.3 is 15.7 Å². The van der Waals surface area contributed by atoms with E-state index in [1.807, 2.05) is 20.9 Å². The predicted molar refractivity (Wildman–Crippen MR) is 124 cm³/mol. The van der Waals surface area contributed by atoms with E-state index in [0.717, 1.165) is 29.7 Å². The fourth-order valence-electron chi connectivity index (χ4n) is 2.81. The van der Waals surface area contributed by atoms with Crippen LogP contribution in [0.3, 0.4) is 0 Å². The van der Waals surface area contributed by atoms with E-state index in [1.165, 1.54) is 12.3 Å². The molecule has 1 aromatic carbocycles. The minimum absolute atomic E-state index is 0.0332. The molecule has 2 aromatic rings. The lowest BCUT2D eigenvalue weighted by Crippen LogP contribution is -2.58. The molecule has 7 nitrogen and oxygen atoms in total. The lowest BCUT2D eigenvalue weighted by molar-refractivity contribution is 0.111. The van der Waals surface area contributed by atoms with Crippen molar-refractivity contribution in [1.82, 2.24) is 10.3 Å². The Balaban J connectivity index is 0.000000409. The standard InChI is InChI=1S/C16H15F2N3O.C5H11NOS.CH3FO/c1-9(2)21-15-6-11(8-22)20-7-13(15)16(19)12-5-10(17)3-4-14(12)18;1-5(6-2)3-8(7)4-5;2-1-3/h3-9,19H,1-2H3,(H,20,21);6H,3-4H2,1-2H3;3H,1H2. The zero-order chi connectivity index (χ0) is 25.2. The number of aliphatic hydroxyl groups is 1. The van der Waals surface area contributed by atoms with E-state index in [0.29, 0.717) is 17.5 Å². The molecule has 0 radical (unpaired) electrons. The van der Waals surface area contributed by atoms with Gasteiger partial charge in [-0.25, -0.2) is 13.2 Å². The number of halogens is 3. The average Bonchev–Trinajstić information content (AvgIpc) is 2.74. The zero-order valence-electron chi connectivity index (χ0n) is 18.9. The van der Waals surface area contributed by atoms with Crippen molar-refractivity contribution in [3.8, 4) is 0 Å². The lowest BCUT2D eigenvalue weighted by Gasteiger charge is -2.36. The van der Waals surface area contributed by atoms with Crippen molar-refractivity contribution < 1.29 is 27.3 Å². The molecule has 0 spiro atoms. The SMILES string of the molecule is CC(C)Nc1cc(C=O)ncc1C(=N)c1cc(F)ccc1F.CNC1(C)CS(=O)C1.OCF. The third-order valence-electron chi connectivity index (χ3n) is 4.52. The smallest absolute Gasteiger partial charge is 0.185 e. The van der Waals surface area contributed by atoms with Gasteiger partial charge in [-0.3, -0.25) is 19.4 Å². The number of carbonyl (C=O) groups is 1. The molecule has 1 saturated heterocycles. The first-order valence-electron chi connectivity index (χ1n) is 9.97. The maximum Gasteiger partial charge on any atom is 0.185 e. The zero-order valence-corrected chi connectivity index (χ0v) is 19.7. The Labute approximate surface area is 193 Å². The Morgan fingerprint density at radius 1 is 1.30 bits per heavy atom. The van der Waals surface area contributed by atoms with Crippen LogP contribution >= 0.6 is 0 Å². The number of pyridine rings is 1. The van der Waals surface area contributed by atoms with Gasteiger partial charge in [0.05, 0.1) is 5.71 Å². The van der Waals surface area contributed by atoms with Crippen LogP contribution < -0.4 is 10.6 Å². The largest absolute Gasteiger partial charge is 0.382 e. The summed E-state index contributed by atoms with van der Waals surface area (Å²) in [5.74, 6) is 0.325. The Morgan fingerprint density at radius 3 is 2.36 bits per heavy atom. The molecule has 1 aliphatic heterocycles. The van der Waals surface area contributed by atoms with Crippen LogP contribution in [0.4, 0.5) is 18.9 Å². The summed E-state index contributed by atoms with van der Waals surface area (Å²) in [5.41, 5.74) is 0.784. The van der Waals surface area contributed by atoms with Crippen LogP contribution in [0, 0.1) is 17.0 Å². The number of rotatable bonds is 6. The maximum absolute atomic E-state index is 13.8. The summed E-state index contributed by atoms with van der Waals surface area (Å²) < 4.78 is 47.5. The van der Waals surface area contributed by atoms with Crippen molar-refractivity contribution >= 4 is 28.5 Å². The molecule has 0 bridgehead atoms. The van der Waals surface area contributed by atoms with Gasteiger partial charge in [-0.1, -0.05) is 0 Å². The Morgan fingerprint density at radius 2 is 1.91 bits per heavy atom. The van der Waals surface area contributed by atoms with Crippen LogP contribution in [-0.4, -0.2) is 63.3 Å². The van der Waals surface area contributed by atoms with Crippen LogP contribution in [-0.2, 0) is 10.8 Å². The van der Waals surface area contributed by atoms with Crippen molar-refractivity contribution in [1.29, 1.82) is 5.41 Å². The molecular weight excluding hydrogens is 457 g/mol. The summed E-state index contributed by atoms with van der Waals surface area (Å²) in [6, 6.07) is 4.44. The molecule has 2 heterocycles. The molecule has 182 valence electrons. The first-order chi connectivity index (χ1) is 15.5. The number of aromatic nitrogens is 1. The van der Waals surface area contributed by atoms with E-state index in [4.69, 9.17) is 10.5 Å². The summed E-state index contributed by atoms with van der Waals surface area (Å²) in [7, 11) is 1.39. The minimum Gasteiger partial charge on any atom is -0.382 e. The second-order valence-corrected chi connectivity index (χ2v) is 9.19. The van der Waals surface area contributed by atoms with Crippen LogP contribution in [0.15, 0.2) is 30.5 Å². The highest BCUT2D eigenvalue weighted by molar-refractivity contribution is 7.86. The number of carbonyl (C=O) groups excluding carboxylic acids is 1. The van der Waals surface area contributed by atoms with Crippen molar-refractivity contribution in [3.05, 3.63) is 58.9 Å². The van der Waals surface area contributed by atoms with Gasteiger partial charge in [-0.05, 0) is 52.1 Å². The molecule has 0 amide bonds. The molecule has 0 unspecified atom stereocenters. The number of hydrogen-bond donors (Lipinski definition) is 4. The number of hydrogen-bond acceptors (Lipinski definition) is 7. The van der Waals surface area contributed by atoms with Crippen LogP contribution in [0.1, 0.15) is 42.4 Å². The number of aldehydes is 1. The monoisotopic (exact) mass is 486 g/mol. The molecule has 33 heavy (non-hydrogen) atoms. The third kappa shape index (κ3) is 8.67. The topological polar surface area (TPSA) is 115 Å². The van der Waals surface area contributed by atoms with Crippen LogP contribution in [0.2, 0.25) is 0 Å². The van der Waals surface area contributed by atoms with Crippen LogP contribution in [0.5, 0.6) is 0 Å². The Bertz CT molecular complexity index is 981. The molecule has 0 aliphatic carbocycles. The summed E-state index contributed by atoms with van der Waals surface area (Å²) in [5, 5.41) is 21.2. The summed E-state index contributed by atoms with van der Waals surface area (Å²) in [6.45, 7) is 4.61. The minimum atomic E-state index is -1.25. The summed E-state index contributed by atoms with van der Waals surface area (Å²) in [4.78, 5) is 14.7. The van der Waals surface area contributed by atoms with Gasteiger partial charge in [-0.15, -0.1) is 0 Å². The number of anilines is 1. The first kappa shape index (κ1) is 28.4. The average molecular weight is 487 g/mol. The van der Waals surface area contributed by atoms with Gasteiger partial charge in [0.15, 0.2) is 13.1 Å². The number of benzene rings is 1. The number of nitrogens with one attached hydrogen (secondary N) is 3. The number of nitrogens with zero attached hydrogens (tertiary/aromatic N) is 1. The lowest BCUT2D eigenvalue weighted by atomic mass is 10.0. The molecule has 3 rings (SSSR count). The van der Waals surface area contributed by atoms with Crippen molar-refractivity contribution in [3.63, 3.8) is 0 Å². The van der Waals surface area contributed by atoms with E-state index in [9.17, 15) is 22.2 Å². The quantitative estimate of drug-likeness (QED) is 0.369. The summed E-state index contributed by atoms with van der Waals surface area (Å²) in [6.07, 6.45) is 1.89. The molecule has 11 heteroatoms. The van der Waals surface area contributed by atoms with Gasteiger partial charge in [0.1, 0.15) is 17.3 Å². The normalized spacial score (nSPS) is 18.8. The molecular formula is C22H29F3N4O3S. The van der Waals surface area contributed by atoms with Crippen LogP contribution in [0.25, 0.3) is 0 Å². The molecule has 1 fully saturated rings. The molecule has 0 atom stereocenters. The second-order valence-electron chi connectivity index (χ2n) is 7.73. The predicted octanol–water partition coefficient (Wildman–Crippen LogP) is 3.04. The highest BCUT2D eigenvalue weighted by Crippen LogP contribution is 2.22. The number of aliphatic hydroxyl groups excluding tert-OH is 1. The molecule has 1 aromatic heterocycles. The van der Waals surface area contributed by atoms with E-state index in [1.54, 1.807) is 0 Å². The Hall–Kier alpha value is -2.63. The summed E-state index contributed by atoms with van der Waals surface area (Å²) >= 11 is 0. The highest BCUT2D eigenvalue weighted by Gasteiger charge is 2.36. The van der Waals surface area contributed by atoms with E-state index < -0.39 is 29.3 Å². The molecule has 0 saturated carbocycles. The second kappa shape index (κ2) is 13.2.